The zero-order valence-electron chi connectivity index (χ0n) is 11.0. The highest BCUT2D eigenvalue weighted by Crippen LogP contribution is 2.37. The second kappa shape index (κ2) is 4.42. The number of fused-ring (bicyclic) bond motifs is 1. The standard InChI is InChI=1S/C14H17NO3S/c1-14(2)15-10(9-18-14)8-12(13(15)16)19(17)11-6-4-3-5-7-11/h3-7,10,12H,8-9H2,1-2H3/t10-,12?,19?/m0/s1. The van der Waals surface area contributed by atoms with Crippen LogP contribution in [-0.2, 0) is 20.3 Å². The lowest BCUT2D eigenvalue weighted by Crippen LogP contribution is -2.45. The fourth-order valence-electron chi connectivity index (χ4n) is 2.90. The van der Waals surface area contributed by atoms with Crippen LogP contribution in [0.3, 0.4) is 0 Å². The lowest BCUT2D eigenvalue weighted by Gasteiger charge is -2.29. The van der Waals surface area contributed by atoms with Crippen LogP contribution < -0.4 is 0 Å². The fraction of sp³-hybridized carbons (Fsp3) is 0.500. The molecule has 102 valence electrons. The average Bonchev–Trinajstić information content (AvgIpc) is 2.89. The summed E-state index contributed by atoms with van der Waals surface area (Å²) in [6.07, 6.45) is 0.615. The highest BCUT2D eigenvalue weighted by Gasteiger charge is 2.53. The van der Waals surface area contributed by atoms with Gasteiger partial charge in [0, 0.05) is 4.90 Å². The Labute approximate surface area is 115 Å². The molecular formula is C14H17NO3S. The van der Waals surface area contributed by atoms with Crippen molar-refractivity contribution >= 4 is 16.7 Å². The summed E-state index contributed by atoms with van der Waals surface area (Å²) in [7, 11) is -1.28. The van der Waals surface area contributed by atoms with Crippen molar-refractivity contribution in [3.8, 4) is 0 Å². The third kappa shape index (κ3) is 2.01. The Hall–Kier alpha value is -1.20. The van der Waals surface area contributed by atoms with Crippen LogP contribution in [0.5, 0.6) is 0 Å². The maximum Gasteiger partial charge on any atom is 0.241 e. The van der Waals surface area contributed by atoms with Crippen molar-refractivity contribution in [3.05, 3.63) is 30.3 Å². The molecule has 4 nitrogen and oxygen atoms in total. The van der Waals surface area contributed by atoms with Gasteiger partial charge in [0.25, 0.3) is 0 Å². The van der Waals surface area contributed by atoms with E-state index in [0.29, 0.717) is 13.0 Å². The van der Waals surface area contributed by atoms with E-state index in [1.165, 1.54) is 0 Å². The van der Waals surface area contributed by atoms with Crippen molar-refractivity contribution in [2.24, 2.45) is 0 Å². The summed E-state index contributed by atoms with van der Waals surface area (Å²) < 4.78 is 18.1. The van der Waals surface area contributed by atoms with Crippen LogP contribution in [0.1, 0.15) is 20.3 Å². The van der Waals surface area contributed by atoms with Gasteiger partial charge >= 0.3 is 0 Å². The van der Waals surface area contributed by atoms with E-state index in [-0.39, 0.29) is 11.9 Å². The minimum absolute atomic E-state index is 0.0466. The Morgan fingerprint density at radius 3 is 2.63 bits per heavy atom. The van der Waals surface area contributed by atoms with Gasteiger partial charge in [-0.15, -0.1) is 0 Å². The van der Waals surface area contributed by atoms with Crippen LogP contribution in [0.15, 0.2) is 35.2 Å². The average molecular weight is 279 g/mol. The molecule has 0 aromatic heterocycles. The van der Waals surface area contributed by atoms with E-state index in [4.69, 9.17) is 4.74 Å². The van der Waals surface area contributed by atoms with E-state index >= 15 is 0 Å². The molecule has 1 aromatic rings. The number of nitrogens with zero attached hydrogens (tertiary/aromatic N) is 1. The third-order valence-corrected chi connectivity index (χ3v) is 5.45. The summed E-state index contributed by atoms with van der Waals surface area (Å²) in [5.41, 5.74) is -0.572. The first-order valence-electron chi connectivity index (χ1n) is 6.43. The Balaban J connectivity index is 1.86. The van der Waals surface area contributed by atoms with E-state index in [9.17, 15) is 9.00 Å². The molecule has 2 saturated heterocycles. The zero-order valence-corrected chi connectivity index (χ0v) is 11.9. The number of rotatable bonds is 2. The normalized spacial score (nSPS) is 30.4. The molecule has 2 fully saturated rings. The summed E-state index contributed by atoms with van der Waals surface area (Å²) in [6.45, 7) is 4.32. The second-order valence-electron chi connectivity index (χ2n) is 5.45. The van der Waals surface area contributed by atoms with Crippen molar-refractivity contribution in [2.45, 2.75) is 42.2 Å². The van der Waals surface area contributed by atoms with Gasteiger partial charge in [-0.2, -0.15) is 0 Å². The number of benzene rings is 1. The molecule has 1 aromatic carbocycles. The minimum atomic E-state index is -1.28. The quantitative estimate of drug-likeness (QED) is 0.825. The number of amides is 1. The summed E-state index contributed by atoms with van der Waals surface area (Å²) in [5.74, 6) is -0.0466. The van der Waals surface area contributed by atoms with Crippen LogP contribution in [0, 0.1) is 0 Å². The number of hydrogen-bond acceptors (Lipinski definition) is 3. The van der Waals surface area contributed by atoms with Gasteiger partial charge in [0.05, 0.1) is 23.4 Å². The summed E-state index contributed by atoms with van der Waals surface area (Å²) >= 11 is 0. The van der Waals surface area contributed by atoms with Gasteiger partial charge < -0.3 is 9.64 Å². The first-order chi connectivity index (χ1) is 9.00. The van der Waals surface area contributed by atoms with Crippen LogP contribution in [0.25, 0.3) is 0 Å². The first kappa shape index (κ1) is 12.8. The summed E-state index contributed by atoms with van der Waals surface area (Å²) in [4.78, 5) is 15.0. The first-order valence-corrected chi connectivity index (χ1v) is 7.65. The molecule has 0 N–H and O–H groups in total. The third-order valence-electron chi connectivity index (χ3n) is 3.81. The SMILES string of the molecule is CC1(C)OC[C@@H]2CC(S(=O)c3ccccc3)C(=O)N21. The van der Waals surface area contributed by atoms with E-state index in [2.05, 4.69) is 0 Å². The van der Waals surface area contributed by atoms with Crippen molar-refractivity contribution in [1.82, 2.24) is 4.90 Å². The Morgan fingerprint density at radius 2 is 2.00 bits per heavy atom. The molecule has 2 unspecified atom stereocenters. The van der Waals surface area contributed by atoms with Gasteiger partial charge in [0.15, 0.2) is 0 Å². The molecule has 0 spiro atoms. The van der Waals surface area contributed by atoms with Gasteiger partial charge in [0.1, 0.15) is 11.0 Å². The zero-order chi connectivity index (χ0) is 13.6. The van der Waals surface area contributed by atoms with Crippen LogP contribution in [0.4, 0.5) is 0 Å². The van der Waals surface area contributed by atoms with Gasteiger partial charge in [-0.1, -0.05) is 18.2 Å². The molecule has 0 radical (unpaired) electrons. The van der Waals surface area contributed by atoms with Crippen molar-refractivity contribution in [2.75, 3.05) is 6.61 Å². The molecular weight excluding hydrogens is 262 g/mol. The van der Waals surface area contributed by atoms with Crippen LogP contribution >= 0.6 is 0 Å². The van der Waals surface area contributed by atoms with Crippen LogP contribution in [0.2, 0.25) is 0 Å². The predicted molar refractivity (Wildman–Crippen MR) is 71.9 cm³/mol. The molecule has 2 heterocycles. The minimum Gasteiger partial charge on any atom is -0.354 e. The lowest BCUT2D eigenvalue weighted by molar-refractivity contribution is -0.141. The molecule has 3 rings (SSSR count). The van der Waals surface area contributed by atoms with Crippen molar-refractivity contribution < 1.29 is 13.7 Å². The molecule has 1 amide bonds. The molecule has 0 saturated carbocycles. The van der Waals surface area contributed by atoms with E-state index in [1.54, 1.807) is 4.90 Å². The predicted octanol–water partition coefficient (Wildman–Crippen LogP) is 1.53. The molecule has 0 aliphatic carbocycles. The second-order valence-corrected chi connectivity index (χ2v) is 7.09. The van der Waals surface area contributed by atoms with Gasteiger partial charge in [-0.3, -0.25) is 9.00 Å². The number of carbonyl (C=O) groups is 1. The molecule has 5 heteroatoms. The molecule has 2 aliphatic rings. The maximum atomic E-state index is 12.5. The summed E-state index contributed by atoms with van der Waals surface area (Å²) in [6, 6.07) is 9.27. The monoisotopic (exact) mass is 279 g/mol. The van der Waals surface area contributed by atoms with Gasteiger partial charge in [-0.25, -0.2) is 0 Å². The van der Waals surface area contributed by atoms with Crippen molar-refractivity contribution in [3.63, 3.8) is 0 Å². The smallest absolute Gasteiger partial charge is 0.241 e. The Kier molecular flexibility index (Phi) is 2.98. The van der Waals surface area contributed by atoms with E-state index in [0.717, 1.165) is 4.90 Å². The van der Waals surface area contributed by atoms with Crippen molar-refractivity contribution in [1.29, 1.82) is 0 Å². The highest BCUT2D eigenvalue weighted by atomic mass is 32.2. The molecule has 3 atom stereocenters. The van der Waals surface area contributed by atoms with E-state index in [1.807, 2.05) is 44.2 Å². The Bertz CT molecular complexity index is 529. The van der Waals surface area contributed by atoms with Crippen LogP contribution in [-0.4, -0.2) is 38.6 Å². The Morgan fingerprint density at radius 1 is 1.32 bits per heavy atom. The summed E-state index contributed by atoms with van der Waals surface area (Å²) in [5, 5.41) is -0.435. The highest BCUT2D eigenvalue weighted by molar-refractivity contribution is 7.86. The molecule has 0 bridgehead atoms. The molecule has 19 heavy (non-hydrogen) atoms. The topological polar surface area (TPSA) is 46.6 Å². The van der Waals surface area contributed by atoms with Gasteiger partial charge in [-0.05, 0) is 32.4 Å². The van der Waals surface area contributed by atoms with E-state index < -0.39 is 21.8 Å². The van der Waals surface area contributed by atoms with Gasteiger partial charge in [0.2, 0.25) is 5.91 Å². The maximum absolute atomic E-state index is 12.5. The molecule has 2 aliphatic heterocycles. The number of hydrogen-bond donors (Lipinski definition) is 0. The largest absolute Gasteiger partial charge is 0.354 e. The number of carbonyl (C=O) groups excluding carboxylic acids is 1. The number of ether oxygens (including phenoxy) is 1. The fourth-order valence-corrected chi connectivity index (χ4v) is 4.35. The lowest BCUT2D eigenvalue weighted by atomic mass is 10.2.